The van der Waals surface area contributed by atoms with E-state index in [1.54, 1.807) is 0 Å². The van der Waals surface area contributed by atoms with Crippen LogP contribution in [-0.4, -0.2) is 23.1 Å². The van der Waals surface area contributed by atoms with Gasteiger partial charge in [0.05, 0.1) is 0 Å². The van der Waals surface area contributed by atoms with E-state index in [1.807, 2.05) is 0 Å². The summed E-state index contributed by atoms with van der Waals surface area (Å²) < 4.78 is 0. The van der Waals surface area contributed by atoms with Crippen LogP contribution in [0.15, 0.2) is 0 Å². The Labute approximate surface area is 106 Å². The van der Waals surface area contributed by atoms with E-state index in [4.69, 9.17) is 0 Å². The van der Waals surface area contributed by atoms with Crippen molar-refractivity contribution in [3.63, 3.8) is 0 Å². The molecule has 3 unspecified atom stereocenters. The van der Waals surface area contributed by atoms with Crippen LogP contribution in [0.25, 0.3) is 0 Å². The van der Waals surface area contributed by atoms with Gasteiger partial charge in [0, 0.05) is 11.3 Å². The van der Waals surface area contributed by atoms with Crippen molar-refractivity contribution in [2.24, 2.45) is 11.8 Å². The summed E-state index contributed by atoms with van der Waals surface area (Å²) in [6.07, 6.45) is 4.21. The van der Waals surface area contributed by atoms with Crippen LogP contribution in [0.3, 0.4) is 0 Å². The number of thioether (sulfide) groups is 1. The standard InChI is InChI=1S/C14H29NS/c1-6-15-13-8-7-12(10(2)3)9-14(13)16-11(4)5/h10-15H,6-9H2,1-5H3. The maximum Gasteiger partial charge on any atom is 0.0206 e. The summed E-state index contributed by atoms with van der Waals surface area (Å²) >= 11 is 2.18. The van der Waals surface area contributed by atoms with E-state index in [2.05, 4.69) is 51.7 Å². The summed E-state index contributed by atoms with van der Waals surface area (Å²) in [5, 5.41) is 5.27. The maximum atomic E-state index is 3.68. The minimum Gasteiger partial charge on any atom is -0.313 e. The Morgan fingerprint density at radius 3 is 2.38 bits per heavy atom. The number of hydrogen-bond donors (Lipinski definition) is 1. The van der Waals surface area contributed by atoms with Gasteiger partial charge in [-0.2, -0.15) is 11.8 Å². The zero-order valence-corrected chi connectivity index (χ0v) is 12.4. The SMILES string of the molecule is CCNC1CCC(C(C)C)CC1SC(C)C. The summed E-state index contributed by atoms with van der Waals surface area (Å²) in [6.45, 7) is 12.8. The summed E-state index contributed by atoms with van der Waals surface area (Å²) in [4.78, 5) is 0. The van der Waals surface area contributed by atoms with Crippen molar-refractivity contribution in [2.45, 2.75) is 70.4 Å². The molecule has 0 aliphatic heterocycles. The van der Waals surface area contributed by atoms with Crippen molar-refractivity contribution in [1.82, 2.24) is 5.32 Å². The molecule has 0 heterocycles. The second-order valence-corrected chi connectivity index (χ2v) is 7.53. The first-order valence-corrected chi connectivity index (χ1v) is 7.87. The third-order valence-corrected chi connectivity index (χ3v) is 5.10. The molecule has 2 heteroatoms. The predicted molar refractivity (Wildman–Crippen MR) is 76.2 cm³/mol. The Bertz CT molecular complexity index is 191. The summed E-state index contributed by atoms with van der Waals surface area (Å²) in [6, 6.07) is 0.757. The highest BCUT2D eigenvalue weighted by Crippen LogP contribution is 2.37. The first-order chi connectivity index (χ1) is 7.54. The normalized spacial score (nSPS) is 31.3. The van der Waals surface area contributed by atoms with Gasteiger partial charge >= 0.3 is 0 Å². The molecule has 0 spiro atoms. The van der Waals surface area contributed by atoms with E-state index in [0.29, 0.717) is 0 Å². The van der Waals surface area contributed by atoms with Gasteiger partial charge in [-0.25, -0.2) is 0 Å². The van der Waals surface area contributed by atoms with Crippen LogP contribution in [0.1, 0.15) is 53.9 Å². The topological polar surface area (TPSA) is 12.0 Å². The molecule has 3 atom stereocenters. The van der Waals surface area contributed by atoms with E-state index < -0.39 is 0 Å². The summed E-state index contributed by atoms with van der Waals surface area (Å²) in [5.74, 6) is 1.81. The minimum absolute atomic E-state index is 0.757. The highest BCUT2D eigenvalue weighted by Gasteiger charge is 2.31. The van der Waals surface area contributed by atoms with Crippen molar-refractivity contribution in [3.8, 4) is 0 Å². The van der Waals surface area contributed by atoms with Gasteiger partial charge < -0.3 is 5.32 Å². The third-order valence-electron chi connectivity index (χ3n) is 3.69. The van der Waals surface area contributed by atoms with Gasteiger partial charge in [0.25, 0.3) is 0 Å². The molecule has 1 aliphatic carbocycles. The Morgan fingerprint density at radius 2 is 1.88 bits per heavy atom. The summed E-state index contributed by atoms with van der Waals surface area (Å²) in [5.41, 5.74) is 0. The molecule has 0 amide bonds. The molecule has 0 bridgehead atoms. The van der Waals surface area contributed by atoms with E-state index in [9.17, 15) is 0 Å². The highest BCUT2D eigenvalue weighted by atomic mass is 32.2. The van der Waals surface area contributed by atoms with Crippen molar-refractivity contribution >= 4 is 11.8 Å². The Balaban J connectivity index is 2.54. The molecule has 0 aromatic rings. The number of rotatable bonds is 5. The average Bonchev–Trinajstić information content (AvgIpc) is 2.19. The van der Waals surface area contributed by atoms with Crippen molar-refractivity contribution in [3.05, 3.63) is 0 Å². The van der Waals surface area contributed by atoms with Crippen LogP contribution in [0, 0.1) is 11.8 Å². The molecule has 1 aliphatic rings. The van der Waals surface area contributed by atoms with Gasteiger partial charge in [0.2, 0.25) is 0 Å². The fraction of sp³-hybridized carbons (Fsp3) is 1.00. The Morgan fingerprint density at radius 1 is 1.19 bits per heavy atom. The smallest absolute Gasteiger partial charge is 0.0206 e. The lowest BCUT2D eigenvalue weighted by Crippen LogP contribution is -2.43. The van der Waals surface area contributed by atoms with E-state index >= 15 is 0 Å². The molecule has 0 saturated heterocycles. The van der Waals surface area contributed by atoms with E-state index in [1.165, 1.54) is 19.3 Å². The zero-order valence-electron chi connectivity index (χ0n) is 11.6. The zero-order chi connectivity index (χ0) is 12.1. The van der Waals surface area contributed by atoms with Crippen LogP contribution in [-0.2, 0) is 0 Å². The number of hydrogen-bond acceptors (Lipinski definition) is 2. The molecular weight excluding hydrogens is 214 g/mol. The van der Waals surface area contributed by atoms with Gasteiger partial charge in [0.1, 0.15) is 0 Å². The average molecular weight is 243 g/mol. The molecule has 16 heavy (non-hydrogen) atoms. The third kappa shape index (κ3) is 4.29. The minimum atomic E-state index is 0.757. The fourth-order valence-corrected chi connectivity index (χ4v) is 4.24. The molecule has 96 valence electrons. The lowest BCUT2D eigenvalue weighted by atomic mass is 9.79. The van der Waals surface area contributed by atoms with Gasteiger partial charge in [-0.05, 0) is 42.9 Å². The molecule has 0 aromatic carbocycles. The second-order valence-electron chi connectivity index (χ2n) is 5.70. The molecule has 1 rings (SSSR count). The lowest BCUT2D eigenvalue weighted by molar-refractivity contribution is 0.247. The summed E-state index contributed by atoms with van der Waals surface area (Å²) in [7, 11) is 0. The highest BCUT2D eigenvalue weighted by molar-refractivity contribution is 8.00. The first-order valence-electron chi connectivity index (χ1n) is 6.93. The van der Waals surface area contributed by atoms with Gasteiger partial charge in [-0.1, -0.05) is 34.6 Å². The van der Waals surface area contributed by atoms with Gasteiger partial charge in [-0.3, -0.25) is 0 Å². The Kier molecular flexibility index (Phi) is 6.20. The molecule has 1 saturated carbocycles. The molecule has 1 fully saturated rings. The largest absolute Gasteiger partial charge is 0.313 e. The quantitative estimate of drug-likeness (QED) is 0.785. The van der Waals surface area contributed by atoms with Crippen LogP contribution in [0.4, 0.5) is 0 Å². The molecule has 0 radical (unpaired) electrons. The molecular formula is C14H29NS. The van der Waals surface area contributed by atoms with Crippen LogP contribution in [0.5, 0.6) is 0 Å². The Hall–Kier alpha value is 0.310. The van der Waals surface area contributed by atoms with Crippen molar-refractivity contribution in [1.29, 1.82) is 0 Å². The second kappa shape index (κ2) is 6.90. The predicted octanol–water partition coefficient (Wildman–Crippen LogP) is 3.93. The van der Waals surface area contributed by atoms with Crippen molar-refractivity contribution in [2.75, 3.05) is 6.54 Å². The maximum absolute atomic E-state index is 3.68. The van der Waals surface area contributed by atoms with E-state index in [-0.39, 0.29) is 0 Å². The van der Waals surface area contributed by atoms with Crippen LogP contribution < -0.4 is 5.32 Å². The fourth-order valence-electron chi connectivity index (χ4n) is 2.76. The number of nitrogens with one attached hydrogen (secondary N) is 1. The van der Waals surface area contributed by atoms with E-state index in [0.717, 1.165) is 34.9 Å². The van der Waals surface area contributed by atoms with Crippen molar-refractivity contribution < 1.29 is 0 Å². The molecule has 1 nitrogen and oxygen atoms in total. The van der Waals surface area contributed by atoms with Gasteiger partial charge in [0.15, 0.2) is 0 Å². The first kappa shape index (κ1) is 14.4. The van der Waals surface area contributed by atoms with Crippen LogP contribution in [0.2, 0.25) is 0 Å². The lowest BCUT2D eigenvalue weighted by Gasteiger charge is -2.38. The molecule has 1 N–H and O–H groups in total. The van der Waals surface area contributed by atoms with Crippen LogP contribution >= 0.6 is 11.8 Å². The molecule has 0 aromatic heterocycles. The monoisotopic (exact) mass is 243 g/mol. The van der Waals surface area contributed by atoms with Gasteiger partial charge in [-0.15, -0.1) is 0 Å².